The second-order valence-corrected chi connectivity index (χ2v) is 8.57. The summed E-state index contributed by atoms with van der Waals surface area (Å²) in [6, 6.07) is 6.10. The van der Waals surface area contributed by atoms with Crippen molar-refractivity contribution < 1.29 is 4.79 Å². The van der Waals surface area contributed by atoms with Crippen LogP contribution in [0.4, 0.5) is 5.82 Å². The van der Waals surface area contributed by atoms with Gasteiger partial charge in [0.1, 0.15) is 12.1 Å². The summed E-state index contributed by atoms with van der Waals surface area (Å²) in [6.45, 7) is 5.87. The van der Waals surface area contributed by atoms with Crippen LogP contribution in [-0.2, 0) is 4.79 Å². The van der Waals surface area contributed by atoms with Crippen LogP contribution < -0.4 is 4.90 Å². The van der Waals surface area contributed by atoms with Gasteiger partial charge in [-0.15, -0.1) is 0 Å². The van der Waals surface area contributed by atoms with Crippen LogP contribution >= 0.6 is 15.9 Å². The van der Waals surface area contributed by atoms with Gasteiger partial charge in [-0.05, 0) is 49.8 Å². The van der Waals surface area contributed by atoms with Crippen LogP contribution in [0.2, 0.25) is 0 Å². The fourth-order valence-corrected chi connectivity index (χ4v) is 4.61. The van der Waals surface area contributed by atoms with Crippen LogP contribution in [0.1, 0.15) is 32.6 Å². The van der Waals surface area contributed by atoms with Crippen molar-refractivity contribution in [2.24, 2.45) is 11.8 Å². The number of hydrogen-bond acceptors (Lipinski definition) is 4. The number of fused-ring (bicyclic) bond motifs is 1. The van der Waals surface area contributed by atoms with Crippen molar-refractivity contribution in [3.05, 3.63) is 29.0 Å². The molecule has 0 bridgehead atoms. The number of carbonyl (C=O) groups is 1. The summed E-state index contributed by atoms with van der Waals surface area (Å²) in [5.74, 6) is 2.15. The Kier molecular flexibility index (Phi) is 5.11. The topological polar surface area (TPSA) is 49.3 Å². The van der Waals surface area contributed by atoms with E-state index in [9.17, 15) is 4.79 Å². The molecule has 5 nitrogen and oxygen atoms in total. The number of halogens is 1. The van der Waals surface area contributed by atoms with Crippen molar-refractivity contribution in [3.8, 4) is 0 Å². The smallest absolute Gasteiger partial charge is 0.225 e. The highest BCUT2D eigenvalue weighted by atomic mass is 79.9. The zero-order valence-corrected chi connectivity index (χ0v) is 16.8. The average molecular weight is 417 g/mol. The molecule has 0 radical (unpaired) electrons. The molecule has 1 aromatic carbocycles. The first-order valence-corrected chi connectivity index (χ1v) is 10.3. The van der Waals surface area contributed by atoms with Gasteiger partial charge < -0.3 is 9.80 Å². The van der Waals surface area contributed by atoms with E-state index >= 15 is 0 Å². The largest absolute Gasteiger partial charge is 0.356 e. The van der Waals surface area contributed by atoms with E-state index in [4.69, 9.17) is 0 Å². The maximum Gasteiger partial charge on any atom is 0.225 e. The molecule has 138 valence electrons. The number of aromatic nitrogens is 2. The van der Waals surface area contributed by atoms with E-state index in [1.54, 1.807) is 6.33 Å². The summed E-state index contributed by atoms with van der Waals surface area (Å²) >= 11 is 3.54. The molecule has 1 amide bonds. The van der Waals surface area contributed by atoms with Crippen molar-refractivity contribution in [1.82, 2.24) is 14.9 Å². The molecule has 1 aromatic heterocycles. The molecule has 2 aliphatic heterocycles. The summed E-state index contributed by atoms with van der Waals surface area (Å²) in [4.78, 5) is 26.2. The number of benzene rings is 1. The van der Waals surface area contributed by atoms with E-state index in [0.717, 1.165) is 66.6 Å². The van der Waals surface area contributed by atoms with E-state index < -0.39 is 0 Å². The van der Waals surface area contributed by atoms with E-state index in [-0.39, 0.29) is 5.92 Å². The monoisotopic (exact) mass is 416 g/mol. The Morgan fingerprint density at radius 2 is 1.96 bits per heavy atom. The fourth-order valence-electron chi connectivity index (χ4n) is 4.25. The molecule has 2 aliphatic rings. The van der Waals surface area contributed by atoms with Gasteiger partial charge in [0.05, 0.1) is 5.52 Å². The van der Waals surface area contributed by atoms with E-state index in [1.165, 1.54) is 6.42 Å². The quantitative estimate of drug-likeness (QED) is 0.745. The molecule has 26 heavy (non-hydrogen) atoms. The van der Waals surface area contributed by atoms with Crippen LogP contribution in [0.5, 0.6) is 0 Å². The minimum absolute atomic E-state index is 0.163. The number of likely N-dealkylation sites (tertiary alicyclic amines) is 1. The van der Waals surface area contributed by atoms with Crippen LogP contribution in [0, 0.1) is 11.8 Å². The Hall–Kier alpha value is -1.69. The minimum Gasteiger partial charge on any atom is -0.356 e. The molecule has 3 heterocycles. The lowest BCUT2D eigenvalue weighted by atomic mass is 9.92. The third-order valence-corrected chi connectivity index (χ3v) is 6.18. The Balaban J connectivity index is 1.45. The van der Waals surface area contributed by atoms with Crippen LogP contribution in [0.25, 0.3) is 10.9 Å². The van der Waals surface area contributed by atoms with E-state index in [1.807, 2.05) is 12.1 Å². The normalized spacial score (nSPS) is 22.0. The lowest BCUT2D eigenvalue weighted by molar-refractivity contribution is -0.137. The van der Waals surface area contributed by atoms with Crippen molar-refractivity contribution in [2.75, 3.05) is 31.1 Å². The van der Waals surface area contributed by atoms with Gasteiger partial charge in [0.15, 0.2) is 0 Å². The highest BCUT2D eigenvalue weighted by molar-refractivity contribution is 9.10. The number of hydrogen-bond donors (Lipinski definition) is 0. The summed E-state index contributed by atoms with van der Waals surface area (Å²) in [5.41, 5.74) is 0.957. The molecule has 0 saturated carbocycles. The van der Waals surface area contributed by atoms with Gasteiger partial charge in [-0.1, -0.05) is 22.9 Å². The average Bonchev–Trinajstić information content (AvgIpc) is 2.67. The summed E-state index contributed by atoms with van der Waals surface area (Å²) in [6.07, 6.45) is 5.84. The third kappa shape index (κ3) is 3.56. The van der Waals surface area contributed by atoms with Crippen LogP contribution in [-0.4, -0.2) is 47.0 Å². The predicted molar refractivity (Wildman–Crippen MR) is 107 cm³/mol. The maximum absolute atomic E-state index is 12.9. The highest BCUT2D eigenvalue weighted by Gasteiger charge is 2.31. The lowest BCUT2D eigenvalue weighted by Gasteiger charge is -2.37. The number of nitrogens with zero attached hydrogens (tertiary/aromatic N) is 4. The van der Waals surface area contributed by atoms with Gasteiger partial charge in [-0.25, -0.2) is 9.97 Å². The summed E-state index contributed by atoms with van der Waals surface area (Å²) in [7, 11) is 0. The van der Waals surface area contributed by atoms with Gasteiger partial charge in [0.25, 0.3) is 0 Å². The molecule has 6 heteroatoms. The molecule has 2 saturated heterocycles. The Morgan fingerprint density at radius 3 is 2.73 bits per heavy atom. The summed E-state index contributed by atoms with van der Waals surface area (Å²) < 4.78 is 1.03. The number of anilines is 1. The van der Waals surface area contributed by atoms with Crippen molar-refractivity contribution in [1.29, 1.82) is 0 Å². The molecule has 4 rings (SSSR count). The first-order valence-electron chi connectivity index (χ1n) is 9.56. The lowest BCUT2D eigenvalue weighted by Crippen LogP contribution is -2.46. The van der Waals surface area contributed by atoms with Crippen LogP contribution in [0.15, 0.2) is 29.0 Å². The van der Waals surface area contributed by atoms with Crippen molar-refractivity contribution in [2.45, 2.75) is 32.6 Å². The highest BCUT2D eigenvalue weighted by Crippen LogP contribution is 2.30. The minimum atomic E-state index is 0.163. The first kappa shape index (κ1) is 17.7. The zero-order valence-electron chi connectivity index (χ0n) is 15.2. The molecule has 1 atom stereocenters. The third-order valence-electron chi connectivity index (χ3n) is 5.69. The van der Waals surface area contributed by atoms with Gasteiger partial charge in [-0.3, -0.25) is 4.79 Å². The fraction of sp³-hybridized carbons (Fsp3) is 0.550. The first-order chi connectivity index (χ1) is 12.6. The van der Waals surface area contributed by atoms with Gasteiger partial charge in [0.2, 0.25) is 5.91 Å². The number of carbonyl (C=O) groups excluding carboxylic acids is 1. The van der Waals surface area contributed by atoms with Crippen molar-refractivity contribution >= 4 is 38.6 Å². The Morgan fingerprint density at radius 1 is 1.15 bits per heavy atom. The second-order valence-electron chi connectivity index (χ2n) is 7.65. The zero-order chi connectivity index (χ0) is 18.1. The number of amides is 1. The Bertz CT molecular complexity index is 803. The predicted octanol–water partition coefficient (Wildman–Crippen LogP) is 3.87. The van der Waals surface area contributed by atoms with Crippen molar-refractivity contribution in [3.63, 3.8) is 0 Å². The van der Waals surface area contributed by atoms with Gasteiger partial charge in [-0.2, -0.15) is 0 Å². The molecular formula is C20H25BrN4O. The van der Waals surface area contributed by atoms with Crippen LogP contribution in [0.3, 0.4) is 0 Å². The molecule has 2 aromatic rings. The molecular weight excluding hydrogens is 392 g/mol. The van der Waals surface area contributed by atoms with E-state index in [0.29, 0.717) is 11.8 Å². The molecule has 0 N–H and O–H groups in total. The molecule has 2 fully saturated rings. The standard InChI is InChI=1S/C20H25BrN4O/c1-14-3-2-8-25(12-14)20(26)15-6-9-24(10-7-15)19-17-11-16(21)4-5-18(17)22-13-23-19/h4-5,11,13-15H,2-3,6-10,12H2,1H3. The Labute approximate surface area is 162 Å². The molecule has 0 spiro atoms. The molecule has 1 unspecified atom stereocenters. The number of rotatable bonds is 2. The molecule has 0 aliphatic carbocycles. The maximum atomic E-state index is 12.9. The van der Waals surface area contributed by atoms with Gasteiger partial charge in [0, 0.05) is 42.0 Å². The van der Waals surface area contributed by atoms with Gasteiger partial charge >= 0.3 is 0 Å². The number of piperidine rings is 2. The SMILES string of the molecule is CC1CCCN(C(=O)C2CCN(c3ncnc4ccc(Br)cc34)CC2)C1. The van der Waals surface area contributed by atoms with E-state index in [2.05, 4.69) is 48.7 Å². The summed E-state index contributed by atoms with van der Waals surface area (Å²) in [5, 5.41) is 1.07. The second kappa shape index (κ2) is 7.51.